The molecule has 2 amide bonds. The van der Waals surface area contributed by atoms with E-state index in [-0.39, 0.29) is 5.92 Å². The summed E-state index contributed by atoms with van der Waals surface area (Å²) in [4.78, 5) is 10.1. The largest absolute Gasteiger partial charge is 0.350 e. The number of hydrogen-bond acceptors (Lipinski definition) is 2. The van der Waals surface area contributed by atoms with E-state index in [1.165, 1.54) is 6.21 Å². The third-order valence-corrected chi connectivity index (χ3v) is 0.845. The zero-order valence-electron chi connectivity index (χ0n) is 6.59. The maximum atomic E-state index is 10.1. The van der Waals surface area contributed by atoms with E-state index in [4.69, 9.17) is 5.73 Å². The van der Waals surface area contributed by atoms with Gasteiger partial charge in [0.05, 0.1) is 5.92 Å². The molecular formula is C7H11N3O. The molecule has 0 aromatic rings. The van der Waals surface area contributed by atoms with Crippen LogP contribution in [-0.2, 0) is 0 Å². The molecule has 0 bridgehead atoms. The number of hydrazone groups is 1. The van der Waals surface area contributed by atoms with Gasteiger partial charge in [-0.1, -0.05) is 5.92 Å². The van der Waals surface area contributed by atoms with Gasteiger partial charge in [-0.25, -0.2) is 10.2 Å². The Hall–Kier alpha value is -1.50. The molecule has 0 spiro atoms. The second-order valence-corrected chi connectivity index (χ2v) is 1.94. The van der Waals surface area contributed by atoms with Crippen LogP contribution in [0.15, 0.2) is 5.10 Å². The average Bonchev–Trinajstić information content (AvgIpc) is 1.87. The molecule has 60 valence electrons. The third kappa shape index (κ3) is 6.38. The van der Waals surface area contributed by atoms with Crippen LogP contribution in [0.2, 0.25) is 0 Å². The van der Waals surface area contributed by atoms with Gasteiger partial charge >= 0.3 is 6.03 Å². The number of urea groups is 1. The Morgan fingerprint density at radius 3 is 2.91 bits per heavy atom. The lowest BCUT2D eigenvalue weighted by molar-refractivity contribution is 0.249. The van der Waals surface area contributed by atoms with Gasteiger partial charge in [-0.15, -0.1) is 5.92 Å². The Balaban J connectivity index is 3.71. The quantitative estimate of drug-likeness (QED) is 0.334. The molecule has 3 N–H and O–H groups in total. The molecule has 0 saturated carbocycles. The van der Waals surface area contributed by atoms with Crippen molar-refractivity contribution in [1.29, 1.82) is 0 Å². The standard InChI is InChI=1S/C7H11N3O/c1-3-4-6(2)5-9-10-7(8)11/h5-6H,1-2H3,(H3,8,10,11)/b9-5+. The van der Waals surface area contributed by atoms with Gasteiger partial charge in [-0.2, -0.15) is 5.10 Å². The summed E-state index contributed by atoms with van der Waals surface area (Å²) < 4.78 is 0. The fourth-order valence-electron chi connectivity index (χ4n) is 0.478. The zero-order valence-corrected chi connectivity index (χ0v) is 6.59. The second kappa shape index (κ2) is 5.30. The number of carbonyl (C=O) groups is 1. The van der Waals surface area contributed by atoms with E-state index >= 15 is 0 Å². The van der Waals surface area contributed by atoms with Gasteiger partial charge in [-0.3, -0.25) is 0 Å². The molecule has 1 atom stereocenters. The van der Waals surface area contributed by atoms with E-state index in [0.29, 0.717) is 0 Å². The van der Waals surface area contributed by atoms with Crippen LogP contribution in [0.4, 0.5) is 4.79 Å². The highest BCUT2D eigenvalue weighted by atomic mass is 16.2. The van der Waals surface area contributed by atoms with Crippen molar-refractivity contribution < 1.29 is 4.79 Å². The molecule has 0 saturated heterocycles. The number of rotatable bonds is 2. The van der Waals surface area contributed by atoms with Crippen molar-refractivity contribution in [2.24, 2.45) is 16.8 Å². The minimum Gasteiger partial charge on any atom is -0.350 e. The number of nitrogens with two attached hydrogens (primary N) is 1. The lowest BCUT2D eigenvalue weighted by Crippen LogP contribution is -2.24. The van der Waals surface area contributed by atoms with E-state index in [0.717, 1.165) is 0 Å². The summed E-state index contributed by atoms with van der Waals surface area (Å²) >= 11 is 0. The molecular weight excluding hydrogens is 142 g/mol. The van der Waals surface area contributed by atoms with Crippen LogP contribution in [0.5, 0.6) is 0 Å². The van der Waals surface area contributed by atoms with Crippen LogP contribution >= 0.6 is 0 Å². The minimum atomic E-state index is -0.669. The molecule has 0 fully saturated rings. The van der Waals surface area contributed by atoms with Crippen molar-refractivity contribution in [2.45, 2.75) is 13.8 Å². The second-order valence-electron chi connectivity index (χ2n) is 1.94. The first kappa shape index (κ1) is 9.50. The first-order valence-corrected chi connectivity index (χ1v) is 3.17. The van der Waals surface area contributed by atoms with Gasteiger partial charge in [0.1, 0.15) is 0 Å². The first-order valence-electron chi connectivity index (χ1n) is 3.17. The summed E-state index contributed by atoms with van der Waals surface area (Å²) in [5.41, 5.74) is 6.83. The van der Waals surface area contributed by atoms with Crippen LogP contribution in [0, 0.1) is 17.8 Å². The Labute approximate surface area is 65.8 Å². The monoisotopic (exact) mass is 153 g/mol. The zero-order chi connectivity index (χ0) is 8.69. The molecule has 0 aliphatic rings. The number of hydrogen-bond donors (Lipinski definition) is 2. The molecule has 0 aromatic heterocycles. The van der Waals surface area contributed by atoms with E-state index in [1.54, 1.807) is 6.92 Å². The summed E-state index contributed by atoms with van der Waals surface area (Å²) in [6, 6.07) is -0.669. The fraction of sp³-hybridized carbons (Fsp3) is 0.429. The van der Waals surface area contributed by atoms with Crippen molar-refractivity contribution in [1.82, 2.24) is 5.43 Å². The van der Waals surface area contributed by atoms with E-state index < -0.39 is 6.03 Å². The summed E-state index contributed by atoms with van der Waals surface area (Å²) in [6.45, 7) is 3.61. The first-order chi connectivity index (χ1) is 5.16. The van der Waals surface area contributed by atoms with E-state index in [2.05, 4.69) is 22.4 Å². The molecule has 0 radical (unpaired) electrons. The van der Waals surface area contributed by atoms with Crippen molar-refractivity contribution in [3.8, 4) is 11.8 Å². The summed E-state index contributed by atoms with van der Waals surface area (Å²) in [6.07, 6.45) is 1.52. The third-order valence-electron chi connectivity index (χ3n) is 0.845. The Kier molecular flexibility index (Phi) is 4.58. The molecule has 4 nitrogen and oxygen atoms in total. The Morgan fingerprint density at radius 1 is 1.82 bits per heavy atom. The molecule has 11 heavy (non-hydrogen) atoms. The number of nitrogens with one attached hydrogen (secondary N) is 1. The number of carbonyl (C=O) groups excluding carboxylic acids is 1. The van der Waals surface area contributed by atoms with Gasteiger partial charge in [0.2, 0.25) is 0 Å². The lowest BCUT2D eigenvalue weighted by atomic mass is 10.2. The molecule has 0 rings (SSSR count). The molecule has 0 aliphatic heterocycles. The van der Waals surface area contributed by atoms with Crippen molar-refractivity contribution in [3.63, 3.8) is 0 Å². The summed E-state index contributed by atoms with van der Waals surface area (Å²) in [5.74, 6) is 5.58. The van der Waals surface area contributed by atoms with Crippen molar-refractivity contribution in [2.75, 3.05) is 0 Å². The fourth-order valence-corrected chi connectivity index (χ4v) is 0.478. The normalized spacial score (nSPS) is 11.8. The molecule has 1 unspecified atom stereocenters. The highest BCUT2D eigenvalue weighted by Crippen LogP contribution is 1.84. The van der Waals surface area contributed by atoms with E-state index in [9.17, 15) is 4.79 Å². The number of primary amides is 1. The minimum absolute atomic E-state index is 0.0341. The van der Waals surface area contributed by atoms with Crippen LogP contribution in [-0.4, -0.2) is 12.2 Å². The van der Waals surface area contributed by atoms with Gasteiger partial charge in [0.25, 0.3) is 0 Å². The van der Waals surface area contributed by atoms with Crippen molar-refractivity contribution in [3.05, 3.63) is 0 Å². The summed E-state index contributed by atoms with van der Waals surface area (Å²) in [5, 5.41) is 3.54. The SMILES string of the molecule is CC#CC(C)/C=N/NC(N)=O. The van der Waals surface area contributed by atoms with Crippen LogP contribution in [0.1, 0.15) is 13.8 Å². The van der Waals surface area contributed by atoms with Crippen LogP contribution in [0.3, 0.4) is 0 Å². The van der Waals surface area contributed by atoms with Crippen LogP contribution in [0.25, 0.3) is 0 Å². The van der Waals surface area contributed by atoms with E-state index in [1.807, 2.05) is 6.92 Å². The van der Waals surface area contributed by atoms with Gasteiger partial charge in [0.15, 0.2) is 0 Å². The highest BCUT2D eigenvalue weighted by Gasteiger charge is 1.89. The number of amides is 2. The van der Waals surface area contributed by atoms with Gasteiger partial charge in [0, 0.05) is 6.21 Å². The Morgan fingerprint density at radius 2 is 2.45 bits per heavy atom. The van der Waals surface area contributed by atoms with Crippen molar-refractivity contribution >= 4 is 12.2 Å². The Bertz CT molecular complexity index is 211. The lowest BCUT2D eigenvalue weighted by Gasteiger charge is -1.92. The molecule has 0 aliphatic carbocycles. The predicted molar refractivity (Wildman–Crippen MR) is 43.8 cm³/mol. The van der Waals surface area contributed by atoms with Gasteiger partial charge < -0.3 is 5.73 Å². The topological polar surface area (TPSA) is 67.5 Å². The smallest absolute Gasteiger partial charge is 0.332 e. The molecule has 0 heterocycles. The van der Waals surface area contributed by atoms with Crippen LogP contribution < -0.4 is 11.2 Å². The van der Waals surface area contributed by atoms with Gasteiger partial charge in [-0.05, 0) is 13.8 Å². The maximum Gasteiger partial charge on any atom is 0.332 e. The maximum absolute atomic E-state index is 10.1. The highest BCUT2D eigenvalue weighted by molar-refractivity contribution is 5.73. The average molecular weight is 153 g/mol. The predicted octanol–water partition coefficient (Wildman–Crippen LogP) is 0.300. The summed E-state index contributed by atoms with van der Waals surface area (Å²) in [7, 11) is 0. The molecule has 0 aromatic carbocycles. The number of nitrogens with zero attached hydrogens (tertiary/aromatic N) is 1. The molecule has 4 heteroatoms.